The first-order chi connectivity index (χ1) is 6.05. The minimum absolute atomic E-state index is 0.0577. The van der Waals surface area contributed by atoms with Crippen LogP contribution in [0.1, 0.15) is 0 Å². The first-order valence-electron chi connectivity index (χ1n) is 4.20. The molecule has 2 atom stereocenters. The van der Waals surface area contributed by atoms with Crippen molar-refractivity contribution in [3.63, 3.8) is 0 Å². The number of hydrogen-bond donors (Lipinski definition) is 2. The molecule has 1 aliphatic rings. The van der Waals surface area contributed by atoms with Gasteiger partial charge in [0.25, 0.3) is 0 Å². The van der Waals surface area contributed by atoms with E-state index >= 15 is 0 Å². The number of hydrogen-bond acceptors (Lipinski definition) is 5. The highest BCUT2D eigenvalue weighted by atomic mass is 32.2. The second-order valence-electron chi connectivity index (χ2n) is 3.16. The Balaban J connectivity index is 2.36. The molecule has 6 heteroatoms. The van der Waals surface area contributed by atoms with Crippen molar-refractivity contribution in [1.82, 2.24) is 5.32 Å². The van der Waals surface area contributed by atoms with E-state index in [0.29, 0.717) is 13.2 Å². The molecule has 0 aromatic heterocycles. The molecule has 1 rings (SSSR count). The standard InChI is InChI=1S/C7H15NO4S/c1-8-2-3-12-7-5-13(10,11)4-6(7)9/h6-9H,2-5H2,1H3. The highest BCUT2D eigenvalue weighted by Gasteiger charge is 2.36. The molecule has 0 radical (unpaired) electrons. The molecule has 2 unspecified atom stereocenters. The van der Waals surface area contributed by atoms with Gasteiger partial charge in [0.05, 0.1) is 30.3 Å². The molecular weight excluding hydrogens is 194 g/mol. The molecule has 0 amide bonds. The van der Waals surface area contributed by atoms with Crippen molar-refractivity contribution in [3.8, 4) is 0 Å². The van der Waals surface area contributed by atoms with Crippen LogP contribution in [-0.4, -0.2) is 57.4 Å². The van der Waals surface area contributed by atoms with E-state index < -0.39 is 22.0 Å². The summed E-state index contributed by atoms with van der Waals surface area (Å²) in [5.41, 5.74) is 0. The Labute approximate surface area is 78.0 Å². The maximum atomic E-state index is 11.0. The third-order valence-corrected chi connectivity index (χ3v) is 3.64. The molecule has 0 aliphatic carbocycles. The normalized spacial score (nSPS) is 32.2. The van der Waals surface area contributed by atoms with Gasteiger partial charge in [0.1, 0.15) is 0 Å². The Bertz CT molecular complexity index is 251. The van der Waals surface area contributed by atoms with E-state index in [9.17, 15) is 13.5 Å². The summed E-state index contributed by atoms with van der Waals surface area (Å²) in [4.78, 5) is 0. The Morgan fingerprint density at radius 3 is 2.69 bits per heavy atom. The summed E-state index contributed by atoms with van der Waals surface area (Å²) < 4.78 is 27.3. The molecule has 1 saturated heterocycles. The van der Waals surface area contributed by atoms with Gasteiger partial charge in [-0.25, -0.2) is 8.42 Å². The molecule has 13 heavy (non-hydrogen) atoms. The van der Waals surface area contributed by atoms with Crippen molar-refractivity contribution < 1.29 is 18.3 Å². The van der Waals surface area contributed by atoms with Crippen LogP contribution in [0.3, 0.4) is 0 Å². The van der Waals surface area contributed by atoms with Gasteiger partial charge in [0.15, 0.2) is 9.84 Å². The predicted molar refractivity (Wildman–Crippen MR) is 48.3 cm³/mol. The fraction of sp³-hybridized carbons (Fsp3) is 1.00. The lowest BCUT2D eigenvalue weighted by Gasteiger charge is -2.13. The minimum Gasteiger partial charge on any atom is -0.389 e. The van der Waals surface area contributed by atoms with Gasteiger partial charge < -0.3 is 15.2 Å². The van der Waals surface area contributed by atoms with Gasteiger partial charge in [-0.05, 0) is 7.05 Å². The third-order valence-electron chi connectivity index (χ3n) is 1.96. The van der Waals surface area contributed by atoms with Crippen LogP contribution in [0.4, 0.5) is 0 Å². The Hall–Kier alpha value is -0.170. The van der Waals surface area contributed by atoms with Crippen LogP contribution in [0, 0.1) is 0 Å². The van der Waals surface area contributed by atoms with Gasteiger partial charge in [-0.2, -0.15) is 0 Å². The van der Waals surface area contributed by atoms with Gasteiger partial charge in [0.2, 0.25) is 0 Å². The molecular formula is C7H15NO4S. The Morgan fingerprint density at radius 1 is 1.54 bits per heavy atom. The average Bonchev–Trinajstić information content (AvgIpc) is 2.25. The molecule has 0 bridgehead atoms. The van der Waals surface area contributed by atoms with E-state index in [2.05, 4.69) is 5.32 Å². The fourth-order valence-corrected chi connectivity index (χ4v) is 2.96. The van der Waals surface area contributed by atoms with Gasteiger partial charge in [-0.1, -0.05) is 0 Å². The van der Waals surface area contributed by atoms with Gasteiger partial charge in [-0.15, -0.1) is 0 Å². The Kier molecular flexibility index (Phi) is 3.66. The summed E-state index contributed by atoms with van der Waals surface area (Å²) in [6, 6.07) is 0. The molecule has 78 valence electrons. The maximum Gasteiger partial charge on any atom is 0.155 e. The molecule has 1 fully saturated rings. The molecule has 2 N–H and O–H groups in total. The summed E-state index contributed by atoms with van der Waals surface area (Å²) >= 11 is 0. The lowest BCUT2D eigenvalue weighted by Crippen LogP contribution is -2.29. The zero-order chi connectivity index (χ0) is 9.90. The highest BCUT2D eigenvalue weighted by Crippen LogP contribution is 2.15. The van der Waals surface area contributed by atoms with Crippen LogP contribution in [-0.2, 0) is 14.6 Å². The van der Waals surface area contributed by atoms with Crippen molar-refractivity contribution in [2.75, 3.05) is 31.7 Å². The minimum atomic E-state index is -3.08. The van der Waals surface area contributed by atoms with Gasteiger partial charge in [0, 0.05) is 6.54 Å². The highest BCUT2D eigenvalue weighted by molar-refractivity contribution is 7.91. The van der Waals surface area contributed by atoms with Crippen molar-refractivity contribution in [2.24, 2.45) is 0 Å². The second-order valence-corrected chi connectivity index (χ2v) is 5.31. The van der Waals surface area contributed by atoms with Crippen LogP contribution in [0.25, 0.3) is 0 Å². The van der Waals surface area contributed by atoms with Crippen LogP contribution in [0.5, 0.6) is 0 Å². The third kappa shape index (κ3) is 3.22. The Morgan fingerprint density at radius 2 is 2.23 bits per heavy atom. The van der Waals surface area contributed by atoms with E-state index in [-0.39, 0.29) is 11.5 Å². The molecule has 0 spiro atoms. The van der Waals surface area contributed by atoms with Crippen molar-refractivity contribution >= 4 is 9.84 Å². The molecule has 5 nitrogen and oxygen atoms in total. The smallest absolute Gasteiger partial charge is 0.155 e. The lowest BCUT2D eigenvalue weighted by atomic mass is 10.3. The van der Waals surface area contributed by atoms with Gasteiger partial charge in [-0.3, -0.25) is 0 Å². The van der Waals surface area contributed by atoms with E-state index in [1.807, 2.05) is 0 Å². The topological polar surface area (TPSA) is 75.6 Å². The summed E-state index contributed by atoms with van der Waals surface area (Å²) in [6.07, 6.45) is -1.40. The van der Waals surface area contributed by atoms with E-state index in [0.717, 1.165) is 0 Å². The summed E-state index contributed by atoms with van der Waals surface area (Å²) in [5, 5.41) is 12.2. The summed E-state index contributed by atoms with van der Waals surface area (Å²) in [7, 11) is -1.29. The maximum absolute atomic E-state index is 11.0. The second kappa shape index (κ2) is 4.36. The molecule has 0 saturated carbocycles. The first kappa shape index (κ1) is 10.9. The number of ether oxygens (including phenoxy) is 1. The number of aliphatic hydroxyl groups is 1. The zero-order valence-corrected chi connectivity index (χ0v) is 8.38. The van der Waals surface area contributed by atoms with Gasteiger partial charge >= 0.3 is 0 Å². The van der Waals surface area contributed by atoms with Crippen molar-refractivity contribution in [1.29, 1.82) is 0 Å². The fourth-order valence-electron chi connectivity index (χ4n) is 1.27. The largest absolute Gasteiger partial charge is 0.389 e. The molecule has 0 aromatic rings. The van der Waals surface area contributed by atoms with E-state index in [4.69, 9.17) is 4.74 Å². The lowest BCUT2D eigenvalue weighted by molar-refractivity contribution is -0.00564. The summed E-state index contributed by atoms with van der Waals surface area (Å²) in [6.45, 7) is 1.08. The van der Waals surface area contributed by atoms with Crippen LogP contribution in [0.15, 0.2) is 0 Å². The van der Waals surface area contributed by atoms with E-state index in [1.165, 1.54) is 0 Å². The molecule has 0 aromatic carbocycles. The number of rotatable bonds is 4. The molecule has 1 aliphatic heterocycles. The monoisotopic (exact) mass is 209 g/mol. The number of sulfone groups is 1. The predicted octanol–water partition coefficient (Wildman–Crippen LogP) is -1.62. The van der Waals surface area contributed by atoms with Crippen LogP contribution < -0.4 is 5.32 Å². The number of aliphatic hydroxyl groups excluding tert-OH is 1. The van der Waals surface area contributed by atoms with Crippen molar-refractivity contribution in [2.45, 2.75) is 12.2 Å². The van der Waals surface area contributed by atoms with E-state index in [1.54, 1.807) is 7.05 Å². The summed E-state index contributed by atoms with van der Waals surface area (Å²) in [5.74, 6) is -0.227. The zero-order valence-electron chi connectivity index (χ0n) is 7.56. The quantitative estimate of drug-likeness (QED) is 0.544. The van der Waals surface area contributed by atoms with Crippen LogP contribution >= 0.6 is 0 Å². The first-order valence-corrected chi connectivity index (χ1v) is 6.02. The number of nitrogens with one attached hydrogen (secondary N) is 1. The number of likely N-dealkylation sites (N-methyl/N-ethyl adjacent to an activating group) is 1. The van der Waals surface area contributed by atoms with Crippen molar-refractivity contribution in [3.05, 3.63) is 0 Å². The molecule has 1 heterocycles. The van der Waals surface area contributed by atoms with Crippen LogP contribution in [0.2, 0.25) is 0 Å². The SMILES string of the molecule is CNCCOC1CS(=O)(=O)CC1O. The average molecular weight is 209 g/mol.